The molecule has 1 fully saturated rings. The molecule has 2 aliphatic rings. The van der Waals surface area contributed by atoms with E-state index in [9.17, 15) is 14.0 Å². The molecular formula is C20H19ClFN3O2. The van der Waals surface area contributed by atoms with Gasteiger partial charge in [-0.25, -0.2) is 4.39 Å². The number of carbonyl (C=O) groups is 2. The minimum absolute atomic E-state index is 0.0547. The van der Waals surface area contributed by atoms with Gasteiger partial charge in [-0.15, -0.1) is 0 Å². The van der Waals surface area contributed by atoms with Crippen LogP contribution in [0.25, 0.3) is 0 Å². The number of nitrogens with zero attached hydrogens (tertiary/aromatic N) is 1. The van der Waals surface area contributed by atoms with Crippen LogP contribution in [0, 0.1) is 5.82 Å². The van der Waals surface area contributed by atoms with Crippen LogP contribution in [-0.4, -0.2) is 35.5 Å². The molecule has 1 spiro atoms. The number of halogens is 2. The third kappa shape index (κ3) is 3.49. The van der Waals surface area contributed by atoms with E-state index >= 15 is 0 Å². The summed E-state index contributed by atoms with van der Waals surface area (Å²) < 4.78 is 13.2. The topological polar surface area (TPSA) is 61.4 Å². The summed E-state index contributed by atoms with van der Waals surface area (Å²) in [6, 6.07) is 11.5. The number of anilines is 1. The van der Waals surface area contributed by atoms with Crippen molar-refractivity contribution in [1.29, 1.82) is 0 Å². The van der Waals surface area contributed by atoms with Crippen molar-refractivity contribution < 1.29 is 14.0 Å². The monoisotopic (exact) mass is 387 g/mol. The molecule has 0 radical (unpaired) electrons. The third-order valence-corrected chi connectivity index (χ3v) is 5.58. The van der Waals surface area contributed by atoms with Crippen molar-refractivity contribution in [2.24, 2.45) is 0 Å². The van der Waals surface area contributed by atoms with Crippen LogP contribution in [0.3, 0.4) is 0 Å². The number of benzene rings is 2. The van der Waals surface area contributed by atoms with Gasteiger partial charge >= 0.3 is 0 Å². The molecule has 0 bridgehead atoms. The van der Waals surface area contributed by atoms with E-state index in [4.69, 9.17) is 11.6 Å². The van der Waals surface area contributed by atoms with Crippen LogP contribution in [0.2, 0.25) is 5.02 Å². The van der Waals surface area contributed by atoms with E-state index in [1.54, 1.807) is 17.0 Å². The second kappa shape index (κ2) is 6.85. The molecule has 2 heterocycles. The van der Waals surface area contributed by atoms with Crippen LogP contribution in [0.5, 0.6) is 0 Å². The number of hydrogen-bond donors (Lipinski definition) is 2. The van der Waals surface area contributed by atoms with Crippen LogP contribution in [0.1, 0.15) is 28.8 Å². The molecule has 0 aliphatic carbocycles. The van der Waals surface area contributed by atoms with E-state index in [1.807, 2.05) is 18.2 Å². The lowest BCUT2D eigenvalue weighted by Crippen LogP contribution is -2.62. The van der Waals surface area contributed by atoms with Gasteiger partial charge in [-0.05, 0) is 29.8 Å². The molecule has 140 valence electrons. The number of amides is 2. The maximum atomic E-state index is 13.2. The highest BCUT2D eigenvalue weighted by Crippen LogP contribution is 2.31. The number of para-hydroxylation sites is 1. The van der Waals surface area contributed by atoms with Crippen molar-refractivity contribution in [3.8, 4) is 0 Å². The van der Waals surface area contributed by atoms with Gasteiger partial charge in [0.1, 0.15) is 11.5 Å². The number of fused-ring (bicyclic) bond motifs is 1. The Bertz CT molecular complexity index is 910. The SMILES string of the molecule is O=C1NC2(CCN(C(=O)Cc3ccc(F)cc3Cl)CC2)Nc2ccccc21. The van der Waals surface area contributed by atoms with E-state index in [-0.39, 0.29) is 23.3 Å². The number of hydrogen-bond acceptors (Lipinski definition) is 3. The molecule has 0 atom stereocenters. The summed E-state index contributed by atoms with van der Waals surface area (Å²) >= 11 is 6.02. The molecule has 2 aliphatic heterocycles. The molecule has 0 aromatic heterocycles. The fraction of sp³-hybridized carbons (Fsp3) is 0.300. The van der Waals surface area contributed by atoms with Crippen LogP contribution in [-0.2, 0) is 11.2 Å². The zero-order valence-corrected chi connectivity index (χ0v) is 15.4. The molecule has 2 N–H and O–H groups in total. The van der Waals surface area contributed by atoms with Gasteiger partial charge in [-0.2, -0.15) is 0 Å². The predicted octanol–water partition coefficient (Wildman–Crippen LogP) is 3.20. The molecule has 27 heavy (non-hydrogen) atoms. The van der Waals surface area contributed by atoms with Gasteiger partial charge in [-0.1, -0.05) is 29.8 Å². The van der Waals surface area contributed by atoms with Gasteiger partial charge < -0.3 is 15.5 Å². The Morgan fingerprint density at radius 2 is 1.89 bits per heavy atom. The highest BCUT2D eigenvalue weighted by Gasteiger charge is 2.40. The largest absolute Gasteiger partial charge is 0.362 e. The highest BCUT2D eigenvalue weighted by atomic mass is 35.5. The number of likely N-dealkylation sites (tertiary alicyclic amines) is 1. The quantitative estimate of drug-likeness (QED) is 0.831. The van der Waals surface area contributed by atoms with E-state index in [1.165, 1.54) is 12.1 Å². The molecule has 5 nitrogen and oxygen atoms in total. The zero-order valence-electron chi connectivity index (χ0n) is 14.6. The summed E-state index contributed by atoms with van der Waals surface area (Å²) in [6.45, 7) is 1.04. The zero-order chi connectivity index (χ0) is 19.0. The first kappa shape index (κ1) is 17.8. The first-order valence-electron chi connectivity index (χ1n) is 8.87. The maximum absolute atomic E-state index is 13.2. The van der Waals surface area contributed by atoms with Crippen molar-refractivity contribution in [3.63, 3.8) is 0 Å². The lowest BCUT2D eigenvalue weighted by molar-refractivity contribution is -0.132. The molecule has 2 amide bonds. The average molecular weight is 388 g/mol. The van der Waals surface area contributed by atoms with Crippen molar-refractivity contribution in [3.05, 3.63) is 64.4 Å². The van der Waals surface area contributed by atoms with E-state index < -0.39 is 11.5 Å². The summed E-state index contributed by atoms with van der Waals surface area (Å²) in [5, 5.41) is 6.76. The number of rotatable bonds is 2. The molecule has 7 heteroatoms. The van der Waals surface area contributed by atoms with Gasteiger partial charge in [0.15, 0.2) is 0 Å². The van der Waals surface area contributed by atoms with Crippen LogP contribution >= 0.6 is 11.6 Å². The number of carbonyl (C=O) groups excluding carboxylic acids is 2. The van der Waals surface area contributed by atoms with Gasteiger partial charge in [0.25, 0.3) is 5.91 Å². The Morgan fingerprint density at radius 1 is 1.15 bits per heavy atom. The second-order valence-corrected chi connectivity index (χ2v) is 7.41. The lowest BCUT2D eigenvalue weighted by Gasteiger charge is -2.45. The van der Waals surface area contributed by atoms with E-state index in [0.717, 1.165) is 5.69 Å². The molecular weight excluding hydrogens is 369 g/mol. The Balaban J connectivity index is 1.42. The van der Waals surface area contributed by atoms with Gasteiger partial charge in [-0.3, -0.25) is 9.59 Å². The average Bonchev–Trinajstić information content (AvgIpc) is 2.64. The lowest BCUT2D eigenvalue weighted by atomic mass is 9.92. The third-order valence-electron chi connectivity index (χ3n) is 5.22. The molecule has 2 aromatic carbocycles. The number of piperidine rings is 1. The second-order valence-electron chi connectivity index (χ2n) is 7.00. The van der Waals surface area contributed by atoms with Crippen LogP contribution < -0.4 is 10.6 Å². The summed E-state index contributed by atoms with van der Waals surface area (Å²) in [7, 11) is 0. The van der Waals surface area contributed by atoms with Crippen LogP contribution in [0.15, 0.2) is 42.5 Å². The Kier molecular flexibility index (Phi) is 4.52. The summed E-state index contributed by atoms with van der Waals surface area (Å²) in [5.41, 5.74) is 1.53. The Labute approximate surface area is 161 Å². The highest BCUT2D eigenvalue weighted by molar-refractivity contribution is 6.31. The van der Waals surface area contributed by atoms with Gasteiger partial charge in [0.2, 0.25) is 5.91 Å². The minimum Gasteiger partial charge on any atom is -0.362 e. The Hall–Kier alpha value is -2.60. The maximum Gasteiger partial charge on any atom is 0.255 e. The minimum atomic E-state index is -0.532. The summed E-state index contributed by atoms with van der Waals surface area (Å²) in [4.78, 5) is 26.8. The number of nitrogens with one attached hydrogen (secondary N) is 2. The molecule has 1 saturated heterocycles. The smallest absolute Gasteiger partial charge is 0.255 e. The van der Waals surface area contributed by atoms with Crippen molar-refractivity contribution in [1.82, 2.24) is 10.2 Å². The Morgan fingerprint density at radius 3 is 2.63 bits per heavy atom. The standard InChI is InChI=1S/C20H19ClFN3O2/c21-16-12-14(22)6-5-13(16)11-18(26)25-9-7-20(8-10-25)23-17-4-2-1-3-15(17)19(27)24-20/h1-6,12,23H,7-11H2,(H,24,27). The van der Waals surface area contributed by atoms with Crippen molar-refractivity contribution >= 4 is 29.1 Å². The normalized spacial score (nSPS) is 17.9. The van der Waals surface area contributed by atoms with Crippen molar-refractivity contribution in [2.45, 2.75) is 24.9 Å². The molecule has 4 rings (SSSR count). The fourth-order valence-electron chi connectivity index (χ4n) is 3.69. The summed E-state index contributed by atoms with van der Waals surface area (Å²) in [5.74, 6) is -0.571. The molecule has 0 unspecified atom stereocenters. The molecule has 2 aromatic rings. The summed E-state index contributed by atoms with van der Waals surface area (Å²) in [6.07, 6.45) is 1.35. The predicted molar refractivity (Wildman–Crippen MR) is 101 cm³/mol. The first-order chi connectivity index (χ1) is 13.0. The van der Waals surface area contributed by atoms with Crippen molar-refractivity contribution in [2.75, 3.05) is 18.4 Å². The van der Waals surface area contributed by atoms with E-state index in [0.29, 0.717) is 37.1 Å². The first-order valence-corrected chi connectivity index (χ1v) is 9.25. The fourth-order valence-corrected chi connectivity index (χ4v) is 3.93. The van der Waals surface area contributed by atoms with Crippen LogP contribution in [0.4, 0.5) is 10.1 Å². The van der Waals surface area contributed by atoms with Gasteiger partial charge in [0, 0.05) is 36.6 Å². The molecule has 0 saturated carbocycles. The van der Waals surface area contributed by atoms with Gasteiger partial charge in [0.05, 0.1) is 12.0 Å². The van der Waals surface area contributed by atoms with E-state index in [2.05, 4.69) is 10.6 Å².